The van der Waals surface area contributed by atoms with E-state index in [1.165, 1.54) is 0 Å². The van der Waals surface area contributed by atoms with E-state index in [4.69, 9.17) is 9.47 Å². The molecule has 1 aliphatic heterocycles. The first-order valence-corrected chi connectivity index (χ1v) is 17.9. The average molecular weight is 678 g/mol. The van der Waals surface area contributed by atoms with E-state index in [0.29, 0.717) is 25.1 Å². The third-order valence-electron chi connectivity index (χ3n) is 8.12. The number of rotatable bonds is 10. The number of carbonyl (C=O) groups excluding carboxylic acids is 1. The Hall–Kier alpha value is -3.50. The molecule has 252 valence electrons. The summed E-state index contributed by atoms with van der Waals surface area (Å²) in [5, 5.41) is 13.8. The third kappa shape index (κ3) is 8.70. The fraction of sp³-hybridized carbons (Fsp3) is 0.486. The standard InChI is InChI=1S/C37H47N3O5S2/c1-35(2,3)45-34(43)40-18-9-10-29(40)30(20-23-11-13-24(14-12-23)32-38-17-19-46-32)44-25-15-16-27-26(21-25)31(47-36(4,5)6)28(39-27)22-37(7,8)33(41)42/h11-17,19,21,29-30,39H,9-10,18,20,22H2,1-8H3,(H,41,42). The minimum absolute atomic E-state index is 0.0980. The maximum absolute atomic E-state index is 13.4. The van der Waals surface area contributed by atoms with Gasteiger partial charge in [0.2, 0.25) is 0 Å². The summed E-state index contributed by atoms with van der Waals surface area (Å²) in [6.07, 6.45) is 3.84. The van der Waals surface area contributed by atoms with E-state index in [-0.39, 0.29) is 23.0 Å². The highest BCUT2D eigenvalue weighted by Crippen LogP contribution is 2.42. The molecule has 4 aromatic rings. The number of carboxylic acids is 1. The molecule has 1 aliphatic rings. The second-order valence-electron chi connectivity index (χ2n) is 15.0. The molecule has 2 aromatic carbocycles. The van der Waals surface area contributed by atoms with E-state index >= 15 is 0 Å². The van der Waals surface area contributed by atoms with Crippen molar-refractivity contribution < 1.29 is 24.2 Å². The van der Waals surface area contributed by atoms with Crippen LogP contribution in [0.2, 0.25) is 0 Å². The van der Waals surface area contributed by atoms with Crippen LogP contribution in [0, 0.1) is 5.41 Å². The summed E-state index contributed by atoms with van der Waals surface area (Å²) in [4.78, 5) is 36.2. The summed E-state index contributed by atoms with van der Waals surface area (Å²) in [6, 6.07) is 14.3. The fourth-order valence-electron chi connectivity index (χ4n) is 5.88. The van der Waals surface area contributed by atoms with Gasteiger partial charge < -0.3 is 24.5 Å². The number of hydrogen-bond acceptors (Lipinski definition) is 7. The molecular formula is C37H47N3O5S2. The number of fused-ring (bicyclic) bond motifs is 1. The lowest BCUT2D eigenvalue weighted by Crippen LogP contribution is -2.47. The number of aromatic nitrogens is 2. The molecule has 0 radical (unpaired) electrons. The Balaban J connectivity index is 1.50. The number of nitrogens with zero attached hydrogens (tertiary/aromatic N) is 2. The van der Waals surface area contributed by atoms with Crippen molar-refractivity contribution in [2.45, 2.75) is 108 Å². The van der Waals surface area contributed by atoms with Crippen molar-refractivity contribution in [2.24, 2.45) is 5.41 Å². The average Bonchev–Trinajstić information content (AvgIpc) is 3.73. The smallest absolute Gasteiger partial charge is 0.410 e. The zero-order valence-corrected chi connectivity index (χ0v) is 30.3. The predicted molar refractivity (Wildman–Crippen MR) is 191 cm³/mol. The highest BCUT2D eigenvalue weighted by molar-refractivity contribution is 8.00. The van der Waals surface area contributed by atoms with Crippen LogP contribution in [0.4, 0.5) is 4.79 Å². The lowest BCUT2D eigenvalue weighted by atomic mass is 9.88. The maximum Gasteiger partial charge on any atom is 0.410 e. The molecule has 0 aliphatic carbocycles. The molecule has 8 nitrogen and oxygen atoms in total. The summed E-state index contributed by atoms with van der Waals surface area (Å²) in [6.45, 7) is 16.3. The number of carbonyl (C=O) groups is 2. The van der Waals surface area contributed by atoms with Crippen LogP contribution in [-0.2, 0) is 22.4 Å². The van der Waals surface area contributed by atoms with Gasteiger partial charge in [-0.1, -0.05) is 45.0 Å². The van der Waals surface area contributed by atoms with Gasteiger partial charge in [-0.25, -0.2) is 9.78 Å². The van der Waals surface area contributed by atoms with E-state index in [9.17, 15) is 14.7 Å². The molecule has 2 unspecified atom stereocenters. The number of amides is 1. The van der Waals surface area contributed by atoms with Crippen molar-refractivity contribution in [1.82, 2.24) is 14.9 Å². The Morgan fingerprint density at radius 3 is 2.43 bits per heavy atom. The van der Waals surface area contributed by atoms with Gasteiger partial charge in [0.25, 0.3) is 0 Å². The van der Waals surface area contributed by atoms with Crippen molar-refractivity contribution in [2.75, 3.05) is 6.54 Å². The second-order valence-corrected chi connectivity index (χ2v) is 17.7. The monoisotopic (exact) mass is 677 g/mol. The number of H-pyrrole nitrogens is 1. The first-order chi connectivity index (χ1) is 22.0. The van der Waals surface area contributed by atoms with E-state index in [0.717, 1.165) is 50.5 Å². The van der Waals surface area contributed by atoms with Gasteiger partial charge in [-0.15, -0.1) is 23.1 Å². The van der Waals surface area contributed by atoms with Crippen LogP contribution in [0.15, 0.2) is 58.9 Å². The highest BCUT2D eigenvalue weighted by Gasteiger charge is 2.39. The summed E-state index contributed by atoms with van der Waals surface area (Å²) < 4.78 is 12.6. The molecule has 47 heavy (non-hydrogen) atoms. The molecule has 1 saturated heterocycles. The Labute approximate surface area is 286 Å². The zero-order valence-electron chi connectivity index (χ0n) is 28.7. The third-order valence-corrected chi connectivity index (χ3v) is 10.2. The van der Waals surface area contributed by atoms with Crippen molar-refractivity contribution in [1.29, 1.82) is 0 Å². The largest absolute Gasteiger partial charge is 0.488 e. The highest BCUT2D eigenvalue weighted by atomic mass is 32.2. The molecule has 2 N–H and O–H groups in total. The molecule has 0 spiro atoms. The summed E-state index contributed by atoms with van der Waals surface area (Å²) in [5.74, 6) is -0.128. The summed E-state index contributed by atoms with van der Waals surface area (Å²) in [7, 11) is 0. The van der Waals surface area contributed by atoms with Crippen molar-refractivity contribution in [3.05, 3.63) is 65.3 Å². The van der Waals surface area contributed by atoms with Crippen LogP contribution in [0.3, 0.4) is 0 Å². The minimum Gasteiger partial charge on any atom is -0.488 e. The van der Waals surface area contributed by atoms with Crippen LogP contribution >= 0.6 is 23.1 Å². The van der Waals surface area contributed by atoms with Gasteiger partial charge in [-0.05, 0) is 71.2 Å². The van der Waals surface area contributed by atoms with Crippen LogP contribution in [0.5, 0.6) is 5.75 Å². The quantitative estimate of drug-likeness (QED) is 0.161. The molecule has 2 atom stereocenters. The number of carboxylic acid groups (broad SMARTS) is 1. The van der Waals surface area contributed by atoms with E-state index in [2.05, 4.69) is 61.1 Å². The van der Waals surface area contributed by atoms with Gasteiger partial charge in [0, 0.05) is 62.8 Å². The van der Waals surface area contributed by atoms with Crippen LogP contribution in [0.1, 0.15) is 79.5 Å². The maximum atomic E-state index is 13.4. The molecule has 2 aromatic heterocycles. The molecule has 1 fully saturated rings. The fourth-order valence-corrected chi connectivity index (χ4v) is 7.66. The summed E-state index contributed by atoms with van der Waals surface area (Å²) in [5.41, 5.74) is 2.50. The summed E-state index contributed by atoms with van der Waals surface area (Å²) >= 11 is 3.34. The van der Waals surface area contributed by atoms with Crippen LogP contribution in [-0.4, -0.2) is 61.1 Å². The number of ether oxygens (including phenoxy) is 2. The Morgan fingerprint density at radius 2 is 1.81 bits per heavy atom. The van der Waals surface area contributed by atoms with E-state index < -0.39 is 17.0 Å². The van der Waals surface area contributed by atoms with Crippen molar-refractivity contribution in [3.63, 3.8) is 0 Å². The number of likely N-dealkylation sites (tertiary alicyclic amines) is 1. The zero-order chi connectivity index (χ0) is 34.1. The Kier molecular flexibility index (Phi) is 10.0. The Bertz CT molecular complexity index is 1700. The molecule has 0 bridgehead atoms. The predicted octanol–water partition coefficient (Wildman–Crippen LogP) is 9.22. The van der Waals surface area contributed by atoms with Gasteiger partial charge in [0.1, 0.15) is 22.5 Å². The molecule has 0 saturated carbocycles. The number of aromatic amines is 1. The molecule has 5 rings (SSSR count). The van der Waals surface area contributed by atoms with Gasteiger partial charge in [-0.2, -0.15) is 0 Å². The number of nitrogens with one attached hydrogen (secondary N) is 1. The Morgan fingerprint density at radius 1 is 1.09 bits per heavy atom. The number of hydrogen-bond donors (Lipinski definition) is 2. The molecule has 10 heteroatoms. The SMILES string of the molecule is CC(C)(C)OC(=O)N1CCCC1C(Cc1ccc(-c2nccs2)cc1)Oc1ccc2[nH]c(CC(C)(C)C(=O)O)c(SC(C)(C)C)c2c1. The van der Waals surface area contributed by atoms with E-state index in [1.807, 2.05) is 49.4 Å². The van der Waals surface area contributed by atoms with Gasteiger partial charge in [-0.3, -0.25) is 4.79 Å². The topological polar surface area (TPSA) is 105 Å². The molecule has 1 amide bonds. The van der Waals surface area contributed by atoms with Gasteiger partial charge >= 0.3 is 12.1 Å². The lowest BCUT2D eigenvalue weighted by molar-refractivity contribution is -0.146. The van der Waals surface area contributed by atoms with Crippen LogP contribution < -0.4 is 4.74 Å². The molecular weight excluding hydrogens is 631 g/mol. The minimum atomic E-state index is -0.929. The molecule has 3 heterocycles. The first-order valence-electron chi connectivity index (χ1n) is 16.2. The number of thioether (sulfide) groups is 1. The van der Waals surface area contributed by atoms with Crippen molar-refractivity contribution in [3.8, 4) is 16.3 Å². The van der Waals surface area contributed by atoms with Crippen molar-refractivity contribution >= 4 is 46.1 Å². The number of thiazole rings is 1. The van der Waals surface area contributed by atoms with E-state index in [1.54, 1.807) is 36.9 Å². The number of benzene rings is 2. The lowest BCUT2D eigenvalue weighted by Gasteiger charge is -2.33. The normalized spacial score (nSPS) is 16.4. The van der Waals surface area contributed by atoms with Gasteiger partial charge in [0.05, 0.1) is 11.5 Å². The number of aliphatic carboxylic acids is 1. The van der Waals surface area contributed by atoms with Crippen LogP contribution in [0.25, 0.3) is 21.5 Å². The second kappa shape index (κ2) is 13.5. The van der Waals surface area contributed by atoms with Gasteiger partial charge in [0.15, 0.2) is 0 Å². The first kappa shape index (κ1) is 34.8.